The van der Waals surface area contributed by atoms with Gasteiger partial charge in [0.05, 0.1) is 34.7 Å². The number of nitrogens with zero attached hydrogens (tertiary/aromatic N) is 1. The SMILES string of the molecule is O=C(Cc1ccccc1)N(c1ccccc1Cl)C1CCS(=O)(=O)C1. The number of anilines is 1. The minimum Gasteiger partial charge on any atom is -0.307 e. The molecule has 1 aliphatic rings. The van der Waals surface area contributed by atoms with Crippen molar-refractivity contribution >= 4 is 33.0 Å². The molecule has 1 amide bonds. The Balaban J connectivity index is 1.93. The summed E-state index contributed by atoms with van der Waals surface area (Å²) in [6.07, 6.45) is 0.650. The summed E-state index contributed by atoms with van der Waals surface area (Å²) in [4.78, 5) is 14.5. The van der Waals surface area contributed by atoms with Crippen molar-refractivity contribution in [2.45, 2.75) is 18.9 Å². The van der Waals surface area contributed by atoms with Gasteiger partial charge in [0.2, 0.25) is 5.91 Å². The van der Waals surface area contributed by atoms with Gasteiger partial charge in [0.15, 0.2) is 9.84 Å². The second-order valence-corrected chi connectivity index (χ2v) is 8.57. The number of hydrogen-bond acceptors (Lipinski definition) is 3. The molecular weight excluding hydrogens is 346 g/mol. The monoisotopic (exact) mass is 363 g/mol. The van der Waals surface area contributed by atoms with Crippen LogP contribution in [0, 0.1) is 0 Å². The van der Waals surface area contributed by atoms with E-state index in [0.29, 0.717) is 17.1 Å². The summed E-state index contributed by atoms with van der Waals surface area (Å²) in [5.41, 5.74) is 1.46. The third-order valence-electron chi connectivity index (χ3n) is 4.15. The van der Waals surface area contributed by atoms with Crippen molar-refractivity contribution in [2.75, 3.05) is 16.4 Å². The molecule has 0 spiro atoms. The van der Waals surface area contributed by atoms with E-state index in [1.165, 1.54) is 0 Å². The van der Waals surface area contributed by atoms with Gasteiger partial charge in [-0.2, -0.15) is 0 Å². The molecule has 1 unspecified atom stereocenters. The number of sulfone groups is 1. The van der Waals surface area contributed by atoms with Gasteiger partial charge in [0.25, 0.3) is 0 Å². The van der Waals surface area contributed by atoms with Gasteiger partial charge in [-0.1, -0.05) is 54.1 Å². The van der Waals surface area contributed by atoms with Crippen LogP contribution in [0.3, 0.4) is 0 Å². The molecule has 0 radical (unpaired) electrons. The normalized spacial score (nSPS) is 19.1. The molecule has 6 heteroatoms. The summed E-state index contributed by atoms with van der Waals surface area (Å²) in [6.45, 7) is 0. The van der Waals surface area contributed by atoms with Crippen LogP contribution in [0.5, 0.6) is 0 Å². The van der Waals surface area contributed by atoms with Crippen LogP contribution in [0.4, 0.5) is 5.69 Å². The van der Waals surface area contributed by atoms with E-state index >= 15 is 0 Å². The Bertz CT molecular complexity index is 836. The molecule has 24 heavy (non-hydrogen) atoms. The van der Waals surface area contributed by atoms with Crippen molar-refractivity contribution in [1.29, 1.82) is 0 Å². The Labute approximate surface area is 147 Å². The number of amides is 1. The van der Waals surface area contributed by atoms with Gasteiger partial charge in [-0.05, 0) is 24.1 Å². The molecule has 1 atom stereocenters. The summed E-state index contributed by atoms with van der Waals surface area (Å²) < 4.78 is 23.7. The van der Waals surface area contributed by atoms with E-state index in [-0.39, 0.29) is 29.9 Å². The van der Waals surface area contributed by atoms with Crippen LogP contribution in [-0.2, 0) is 21.1 Å². The van der Waals surface area contributed by atoms with Crippen LogP contribution in [0.2, 0.25) is 5.02 Å². The fraction of sp³-hybridized carbons (Fsp3) is 0.278. The van der Waals surface area contributed by atoms with E-state index in [1.807, 2.05) is 30.3 Å². The van der Waals surface area contributed by atoms with E-state index < -0.39 is 9.84 Å². The summed E-state index contributed by atoms with van der Waals surface area (Å²) in [5, 5.41) is 0.447. The second-order valence-electron chi connectivity index (χ2n) is 5.93. The lowest BCUT2D eigenvalue weighted by atomic mass is 10.1. The highest BCUT2D eigenvalue weighted by Gasteiger charge is 2.36. The number of benzene rings is 2. The molecule has 1 fully saturated rings. The highest BCUT2D eigenvalue weighted by Crippen LogP contribution is 2.31. The van der Waals surface area contributed by atoms with Gasteiger partial charge >= 0.3 is 0 Å². The first-order chi connectivity index (χ1) is 11.5. The summed E-state index contributed by atoms with van der Waals surface area (Å²) in [5.74, 6) is -0.0490. The van der Waals surface area contributed by atoms with Gasteiger partial charge in [-0.25, -0.2) is 8.42 Å². The van der Waals surface area contributed by atoms with Gasteiger partial charge in [-0.15, -0.1) is 0 Å². The lowest BCUT2D eigenvalue weighted by molar-refractivity contribution is -0.118. The van der Waals surface area contributed by atoms with Crippen molar-refractivity contribution in [3.8, 4) is 0 Å². The molecule has 0 bridgehead atoms. The molecule has 0 aromatic heterocycles. The van der Waals surface area contributed by atoms with Crippen LogP contribution in [0.1, 0.15) is 12.0 Å². The van der Waals surface area contributed by atoms with Crippen molar-refractivity contribution in [2.24, 2.45) is 0 Å². The molecule has 0 saturated carbocycles. The maximum atomic E-state index is 12.9. The predicted molar refractivity (Wildman–Crippen MR) is 96.1 cm³/mol. The smallest absolute Gasteiger partial charge is 0.231 e. The highest BCUT2D eigenvalue weighted by atomic mass is 35.5. The lowest BCUT2D eigenvalue weighted by Gasteiger charge is -2.29. The zero-order chi connectivity index (χ0) is 17.2. The molecule has 1 aliphatic heterocycles. The van der Waals surface area contributed by atoms with Crippen LogP contribution >= 0.6 is 11.6 Å². The molecule has 1 saturated heterocycles. The van der Waals surface area contributed by atoms with E-state index in [0.717, 1.165) is 5.56 Å². The van der Waals surface area contributed by atoms with Crippen molar-refractivity contribution in [3.63, 3.8) is 0 Å². The van der Waals surface area contributed by atoms with Crippen LogP contribution in [-0.4, -0.2) is 31.9 Å². The number of rotatable bonds is 4. The van der Waals surface area contributed by atoms with Crippen LogP contribution < -0.4 is 4.90 Å². The van der Waals surface area contributed by atoms with E-state index in [4.69, 9.17) is 11.6 Å². The Morgan fingerprint density at radius 2 is 1.75 bits per heavy atom. The minimum absolute atomic E-state index is 0.0151. The first kappa shape index (κ1) is 17.0. The third kappa shape index (κ3) is 3.79. The number of carbonyl (C=O) groups is 1. The molecule has 3 rings (SSSR count). The average molecular weight is 364 g/mol. The molecule has 126 valence electrons. The first-order valence-corrected chi connectivity index (χ1v) is 9.97. The van der Waals surface area contributed by atoms with Crippen LogP contribution in [0.25, 0.3) is 0 Å². The number of para-hydroxylation sites is 1. The molecular formula is C18H18ClNO3S. The first-order valence-electron chi connectivity index (χ1n) is 7.77. The lowest BCUT2D eigenvalue weighted by Crippen LogP contribution is -2.42. The molecule has 2 aromatic carbocycles. The largest absolute Gasteiger partial charge is 0.307 e. The molecule has 4 nitrogen and oxygen atoms in total. The quantitative estimate of drug-likeness (QED) is 0.838. The maximum absolute atomic E-state index is 12.9. The van der Waals surface area contributed by atoms with E-state index in [2.05, 4.69) is 0 Å². The zero-order valence-electron chi connectivity index (χ0n) is 13.1. The molecule has 1 heterocycles. The Kier molecular flexibility index (Phi) is 4.92. The fourth-order valence-corrected chi connectivity index (χ4v) is 4.94. The Morgan fingerprint density at radius 3 is 2.38 bits per heavy atom. The number of carbonyl (C=O) groups excluding carboxylic acids is 1. The molecule has 0 aliphatic carbocycles. The summed E-state index contributed by atoms with van der Waals surface area (Å²) in [6, 6.07) is 16.1. The maximum Gasteiger partial charge on any atom is 0.231 e. The average Bonchev–Trinajstić information content (AvgIpc) is 2.90. The predicted octanol–water partition coefficient (Wildman–Crippen LogP) is 3.10. The van der Waals surface area contributed by atoms with Gasteiger partial charge in [0, 0.05) is 0 Å². The molecule has 0 N–H and O–H groups in total. The third-order valence-corrected chi connectivity index (χ3v) is 6.22. The Hall–Kier alpha value is -1.85. The minimum atomic E-state index is -3.10. The molecule has 2 aromatic rings. The van der Waals surface area contributed by atoms with Crippen molar-refractivity contribution < 1.29 is 13.2 Å². The topological polar surface area (TPSA) is 54.5 Å². The van der Waals surface area contributed by atoms with E-state index in [1.54, 1.807) is 29.2 Å². The second kappa shape index (κ2) is 6.95. The summed E-state index contributed by atoms with van der Waals surface area (Å²) >= 11 is 6.27. The highest BCUT2D eigenvalue weighted by molar-refractivity contribution is 7.91. The van der Waals surface area contributed by atoms with Gasteiger partial charge in [0.1, 0.15) is 0 Å². The standard InChI is InChI=1S/C18H18ClNO3S/c19-16-8-4-5-9-17(16)20(15-10-11-24(22,23)13-15)18(21)12-14-6-2-1-3-7-14/h1-9,15H,10-13H2. The number of halogens is 1. The van der Waals surface area contributed by atoms with Gasteiger partial charge in [-0.3, -0.25) is 4.79 Å². The Morgan fingerprint density at radius 1 is 1.08 bits per heavy atom. The van der Waals surface area contributed by atoms with Crippen molar-refractivity contribution in [1.82, 2.24) is 0 Å². The van der Waals surface area contributed by atoms with Crippen molar-refractivity contribution in [3.05, 3.63) is 65.2 Å². The van der Waals surface area contributed by atoms with E-state index in [9.17, 15) is 13.2 Å². The zero-order valence-corrected chi connectivity index (χ0v) is 14.6. The summed E-state index contributed by atoms with van der Waals surface area (Å²) in [7, 11) is -3.10. The van der Waals surface area contributed by atoms with Crippen LogP contribution in [0.15, 0.2) is 54.6 Å². The number of hydrogen-bond donors (Lipinski definition) is 0. The fourth-order valence-electron chi connectivity index (χ4n) is 3.02. The van der Waals surface area contributed by atoms with Gasteiger partial charge < -0.3 is 4.90 Å².